The molecule has 98 valence electrons. The first-order valence-corrected chi connectivity index (χ1v) is 5.74. The highest BCUT2D eigenvalue weighted by atomic mass is 35.5. The van der Waals surface area contributed by atoms with Crippen molar-refractivity contribution >= 4 is 17.4 Å². The van der Waals surface area contributed by atoms with Gasteiger partial charge >= 0.3 is 0 Å². The zero-order valence-corrected chi connectivity index (χ0v) is 10.6. The van der Waals surface area contributed by atoms with Crippen molar-refractivity contribution < 1.29 is 18.0 Å². The van der Waals surface area contributed by atoms with Crippen LogP contribution in [0.15, 0.2) is 30.3 Å². The van der Waals surface area contributed by atoms with Gasteiger partial charge in [0.05, 0.1) is 5.56 Å². The van der Waals surface area contributed by atoms with E-state index in [9.17, 15) is 18.0 Å². The fourth-order valence-electron chi connectivity index (χ4n) is 1.70. The predicted molar refractivity (Wildman–Crippen MR) is 65.9 cm³/mol. The van der Waals surface area contributed by atoms with Crippen LogP contribution in [-0.4, -0.2) is 5.78 Å². The molecule has 0 aliphatic heterocycles. The van der Waals surface area contributed by atoms with Gasteiger partial charge in [-0.15, -0.1) is 0 Å². The van der Waals surface area contributed by atoms with Crippen molar-refractivity contribution in [1.29, 1.82) is 0 Å². The van der Waals surface area contributed by atoms with Crippen molar-refractivity contribution in [3.63, 3.8) is 0 Å². The van der Waals surface area contributed by atoms with E-state index in [-0.39, 0.29) is 5.56 Å². The Balaban J connectivity index is 2.56. The largest absolute Gasteiger partial charge is 0.288 e. The van der Waals surface area contributed by atoms with Crippen LogP contribution in [0, 0.1) is 24.4 Å². The maximum absolute atomic E-state index is 13.5. The Bertz CT molecular complexity index is 668. The molecule has 0 saturated heterocycles. The molecule has 5 heteroatoms. The minimum absolute atomic E-state index is 0.150. The molecule has 0 atom stereocenters. The summed E-state index contributed by atoms with van der Waals surface area (Å²) in [6.45, 7) is 1.59. The predicted octanol–water partition coefficient (Wildman–Crippen LogP) is 4.30. The lowest BCUT2D eigenvalue weighted by Crippen LogP contribution is -2.08. The number of rotatable bonds is 2. The van der Waals surface area contributed by atoms with Gasteiger partial charge in [0.25, 0.3) is 0 Å². The third-order valence-electron chi connectivity index (χ3n) is 2.77. The Labute approximate surface area is 112 Å². The van der Waals surface area contributed by atoms with E-state index in [1.807, 2.05) is 0 Å². The number of halogens is 4. The summed E-state index contributed by atoms with van der Waals surface area (Å²) >= 11 is 5.86. The van der Waals surface area contributed by atoms with E-state index in [2.05, 4.69) is 0 Å². The van der Waals surface area contributed by atoms with Crippen LogP contribution < -0.4 is 0 Å². The van der Waals surface area contributed by atoms with Crippen LogP contribution in [0.5, 0.6) is 0 Å². The number of benzene rings is 2. The maximum atomic E-state index is 13.5. The van der Waals surface area contributed by atoms with Gasteiger partial charge in [-0.25, -0.2) is 13.2 Å². The number of hydrogen-bond acceptors (Lipinski definition) is 1. The molecule has 2 rings (SSSR count). The summed E-state index contributed by atoms with van der Waals surface area (Å²) in [5.74, 6) is -4.46. The van der Waals surface area contributed by atoms with Crippen LogP contribution in [0.4, 0.5) is 13.2 Å². The monoisotopic (exact) mass is 284 g/mol. The normalized spacial score (nSPS) is 10.6. The molecule has 0 fully saturated rings. The summed E-state index contributed by atoms with van der Waals surface area (Å²) in [4.78, 5) is 12.1. The first kappa shape index (κ1) is 13.6. The summed E-state index contributed by atoms with van der Waals surface area (Å²) in [6.07, 6.45) is 0. The fraction of sp³-hybridized carbons (Fsp3) is 0.0714. The number of ketones is 1. The van der Waals surface area contributed by atoms with Gasteiger partial charge < -0.3 is 0 Å². The molecule has 0 saturated carbocycles. The first-order valence-electron chi connectivity index (χ1n) is 5.36. The molecule has 0 bridgehead atoms. The van der Waals surface area contributed by atoms with Gasteiger partial charge in [-0.2, -0.15) is 0 Å². The van der Waals surface area contributed by atoms with Crippen molar-refractivity contribution in [2.24, 2.45) is 0 Å². The lowest BCUT2D eigenvalue weighted by atomic mass is 9.98. The number of hydrogen-bond donors (Lipinski definition) is 0. The minimum Gasteiger partial charge on any atom is -0.288 e. The van der Waals surface area contributed by atoms with Crippen LogP contribution in [0.2, 0.25) is 5.02 Å². The fourth-order valence-corrected chi connectivity index (χ4v) is 1.87. The van der Waals surface area contributed by atoms with Crippen molar-refractivity contribution in [2.45, 2.75) is 6.92 Å². The Morgan fingerprint density at radius 2 is 1.63 bits per heavy atom. The summed E-state index contributed by atoms with van der Waals surface area (Å²) in [5.41, 5.74) is 0.0833. The van der Waals surface area contributed by atoms with E-state index in [0.717, 1.165) is 0 Å². The van der Waals surface area contributed by atoms with E-state index in [4.69, 9.17) is 11.6 Å². The topological polar surface area (TPSA) is 17.1 Å². The van der Waals surface area contributed by atoms with Gasteiger partial charge in [0, 0.05) is 16.7 Å². The summed E-state index contributed by atoms with van der Waals surface area (Å²) in [5, 5.41) is 0.342. The molecule has 0 aromatic heterocycles. The molecular formula is C14H8ClF3O. The van der Waals surface area contributed by atoms with Crippen LogP contribution in [0.25, 0.3) is 0 Å². The first-order chi connectivity index (χ1) is 8.91. The quantitative estimate of drug-likeness (QED) is 0.594. The molecule has 19 heavy (non-hydrogen) atoms. The standard InChI is InChI=1S/C14H8ClF3O/c1-7-8(3-2-4-10(7)15)14(19)9-5-12(17)13(18)6-11(9)16/h2-6H,1H3. The molecule has 0 spiro atoms. The number of carbonyl (C=O) groups excluding carboxylic acids is 1. The molecule has 0 amide bonds. The highest BCUT2D eigenvalue weighted by molar-refractivity contribution is 6.32. The second-order valence-corrected chi connectivity index (χ2v) is 4.39. The summed E-state index contributed by atoms with van der Waals surface area (Å²) in [7, 11) is 0. The average molecular weight is 285 g/mol. The van der Waals surface area contributed by atoms with Gasteiger partial charge in [0.15, 0.2) is 17.4 Å². The third-order valence-corrected chi connectivity index (χ3v) is 3.18. The van der Waals surface area contributed by atoms with Gasteiger partial charge in [-0.05, 0) is 24.6 Å². The summed E-state index contributed by atoms with van der Waals surface area (Å²) < 4.78 is 39.5. The molecule has 0 radical (unpaired) electrons. The zero-order valence-electron chi connectivity index (χ0n) is 9.81. The molecule has 2 aromatic rings. The SMILES string of the molecule is Cc1c(Cl)cccc1C(=O)c1cc(F)c(F)cc1F. The van der Waals surface area contributed by atoms with Gasteiger partial charge in [-0.3, -0.25) is 4.79 Å². The second kappa shape index (κ2) is 5.05. The van der Waals surface area contributed by atoms with Crippen LogP contribution in [0.1, 0.15) is 21.5 Å². The smallest absolute Gasteiger partial charge is 0.196 e. The zero-order chi connectivity index (χ0) is 14.2. The molecule has 0 aliphatic rings. The van der Waals surface area contributed by atoms with Crippen molar-refractivity contribution in [2.75, 3.05) is 0 Å². The van der Waals surface area contributed by atoms with Crippen LogP contribution in [0.3, 0.4) is 0 Å². The molecule has 1 nitrogen and oxygen atoms in total. The van der Waals surface area contributed by atoms with E-state index >= 15 is 0 Å². The van der Waals surface area contributed by atoms with Crippen LogP contribution >= 0.6 is 11.6 Å². The second-order valence-electron chi connectivity index (χ2n) is 3.99. The van der Waals surface area contributed by atoms with E-state index in [1.165, 1.54) is 12.1 Å². The van der Waals surface area contributed by atoms with Gasteiger partial charge in [-0.1, -0.05) is 23.7 Å². The molecule has 0 unspecified atom stereocenters. The number of carbonyl (C=O) groups is 1. The Hall–Kier alpha value is -1.81. The Morgan fingerprint density at radius 1 is 1.00 bits per heavy atom. The van der Waals surface area contributed by atoms with Crippen molar-refractivity contribution in [3.8, 4) is 0 Å². The minimum atomic E-state index is -1.34. The van der Waals surface area contributed by atoms with Gasteiger partial charge in [0.1, 0.15) is 5.82 Å². The lowest BCUT2D eigenvalue weighted by Gasteiger charge is -2.07. The van der Waals surface area contributed by atoms with Crippen molar-refractivity contribution in [3.05, 3.63) is 69.5 Å². The molecule has 0 N–H and O–H groups in total. The maximum Gasteiger partial charge on any atom is 0.196 e. The molecule has 0 aliphatic carbocycles. The lowest BCUT2D eigenvalue weighted by molar-refractivity contribution is 0.103. The average Bonchev–Trinajstić information content (AvgIpc) is 2.36. The Morgan fingerprint density at radius 3 is 2.32 bits per heavy atom. The third kappa shape index (κ3) is 2.49. The Kier molecular flexibility index (Phi) is 3.62. The molecule has 2 aromatic carbocycles. The summed E-state index contributed by atoms with van der Waals surface area (Å²) in [6, 6.07) is 5.45. The highest BCUT2D eigenvalue weighted by Crippen LogP contribution is 2.23. The molecule has 0 heterocycles. The van der Waals surface area contributed by atoms with E-state index in [1.54, 1.807) is 13.0 Å². The van der Waals surface area contributed by atoms with E-state index in [0.29, 0.717) is 22.7 Å². The van der Waals surface area contributed by atoms with Crippen molar-refractivity contribution in [1.82, 2.24) is 0 Å². The van der Waals surface area contributed by atoms with Crippen LogP contribution in [-0.2, 0) is 0 Å². The molecular weight excluding hydrogens is 277 g/mol. The van der Waals surface area contributed by atoms with E-state index < -0.39 is 28.8 Å². The van der Waals surface area contributed by atoms with Gasteiger partial charge in [0.2, 0.25) is 0 Å². The highest BCUT2D eigenvalue weighted by Gasteiger charge is 2.19.